The van der Waals surface area contributed by atoms with Crippen molar-refractivity contribution < 1.29 is 10.2 Å². The van der Waals surface area contributed by atoms with Gasteiger partial charge < -0.3 is 10.2 Å². The third kappa shape index (κ3) is 2.58. The van der Waals surface area contributed by atoms with Crippen molar-refractivity contribution in [2.75, 3.05) is 0 Å². The predicted molar refractivity (Wildman–Crippen MR) is 88.8 cm³/mol. The number of benzene rings is 2. The summed E-state index contributed by atoms with van der Waals surface area (Å²) in [4.78, 5) is 0. The molecule has 0 aromatic heterocycles. The maximum Gasteiger partial charge on any atom is 0.115 e. The van der Waals surface area contributed by atoms with Crippen LogP contribution in [0.5, 0.6) is 5.75 Å². The zero-order valence-corrected chi connectivity index (χ0v) is 12.6. The molecule has 1 aliphatic rings. The van der Waals surface area contributed by atoms with Gasteiger partial charge >= 0.3 is 0 Å². The average Bonchev–Trinajstić information content (AvgIpc) is 2.56. The highest BCUT2D eigenvalue weighted by Crippen LogP contribution is 2.41. The molecule has 112 valence electrons. The van der Waals surface area contributed by atoms with E-state index in [4.69, 9.17) is 0 Å². The summed E-state index contributed by atoms with van der Waals surface area (Å²) in [6.07, 6.45) is 6.19. The first-order valence-corrected chi connectivity index (χ1v) is 7.52. The van der Waals surface area contributed by atoms with Gasteiger partial charge in [0.05, 0.1) is 6.10 Å². The number of rotatable bonds is 3. The van der Waals surface area contributed by atoms with Crippen molar-refractivity contribution in [1.29, 1.82) is 0 Å². The van der Waals surface area contributed by atoms with Gasteiger partial charge in [0.25, 0.3) is 0 Å². The second-order valence-electron chi connectivity index (χ2n) is 5.86. The van der Waals surface area contributed by atoms with Gasteiger partial charge in [0, 0.05) is 5.41 Å². The van der Waals surface area contributed by atoms with Gasteiger partial charge in [-0.2, -0.15) is 0 Å². The van der Waals surface area contributed by atoms with Crippen LogP contribution in [0.15, 0.2) is 78.4 Å². The van der Waals surface area contributed by atoms with Crippen molar-refractivity contribution in [2.45, 2.75) is 24.9 Å². The Morgan fingerprint density at radius 2 is 1.59 bits per heavy atom. The topological polar surface area (TPSA) is 40.5 Å². The average molecular weight is 292 g/mol. The Morgan fingerprint density at radius 3 is 2.18 bits per heavy atom. The van der Waals surface area contributed by atoms with E-state index in [0.717, 1.165) is 11.1 Å². The molecule has 0 saturated carbocycles. The molecule has 0 bridgehead atoms. The number of phenols is 1. The molecular formula is C20H20O2. The molecule has 2 N–H and O–H groups in total. The van der Waals surface area contributed by atoms with E-state index in [-0.39, 0.29) is 11.2 Å². The first-order valence-electron chi connectivity index (χ1n) is 7.52. The van der Waals surface area contributed by atoms with Gasteiger partial charge in [-0.05, 0) is 42.2 Å². The normalized spacial score (nSPS) is 20.3. The summed E-state index contributed by atoms with van der Waals surface area (Å²) >= 11 is 0. The molecule has 0 saturated heterocycles. The third-order valence-electron chi connectivity index (χ3n) is 4.45. The van der Waals surface area contributed by atoms with Crippen LogP contribution in [0.4, 0.5) is 0 Å². The van der Waals surface area contributed by atoms with Crippen LogP contribution in [0.1, 0.15) is 24.5 Å². The van der Waals surface area contributed by atoms with Crippen molar-refractivity contribution >= 4 is 0 Å². The third-order valence-corrected chi connectivity index (χ3v) is 4.45. The number of hydrogen-bond donors (Lipinski definition) is 2. The SMILES string of the molecule is CC(C1=CCC(O)C=C1)(c1ccccc1)c1ccc(O)cc1. The van der Waals surface area contributed by atoms with Gasteiger partial charge in [0.15, 0.2) is 0 Å². The summed E-state index contributed by atoms with van der Waals surface area (Å²) in [5.74, 6) is 0.266. The molecule has 0 fully saturated rings. The quantitative estimate of drug-likeness (QED) is 0.899. The fourth-order valence-corrected chi connectivity index (χ4v) is 3.05. The molecule has 0 heterocycles. The van der Waals surface area contributed by atoms with Crippen LogP contribution < -0.4 is 0 Å². The number of hydrogen-bond acceptors (Lipinski definition) is 2. The molecule has 2 atom stereocenters. The number of aliphatic hydroxyl groups excluding tert-OH is 1. The molecule has 2 aromatic rings. The highest BCUT2D eigenvalue weighted by atomic mass is 16.3. The Kier molecular flexibility index (Phi) is 3.86. The van der Waals surface area contributed by atoms with Gasteiger partial charge in [-0.15, -0.1) is 0 Å². The van der Waals surface area contributed by atoms with Crippen LogP contribution in [0, 0.1) is 0 Å². The Bertz CT molecular complexity index is 698. The number of allylic oxidation sites excluding steroid dienone is 2. The summed E-state index contributed by atoms with van der Waals surface area (Å²) in [5, 5.41) is 19.3. The highest BCUT2D eigenvalue weighted by molar-refractivity contribution is 5.52. The standard InChI is InChI=1S/C20H20O2/c1-20(15-5-3-2-4-6-15,16-7-11-18(21)12-8-16)17-9-13-19(22)14-10-17/h2-13,19,21-22H,14H2,1H3. The maximum atomic E-state index is 9.71. The first-order chi connectivity index (χ1) is 10.6. The molecule has 0 spiro atoms. The van der Waals surface area contributed by atoms with Gasteiger partial charge in [0.1, 0.15) is 5.75 Å². The molecule has 3 rings (SSSR count). The molecule has 2 unspecified atom stereocenters. The lowest BCUT2D eigenvalue weighted by atomic mass is 9.69. The van der Waals surface area contributed by atoms with Gasteiger partial charge in [-0.25, -0.2) is 0 Å². The molecule has 0 radical (unpaired) electrons. The minimum Gasteiger partial charge on any atom is -0.508 e. The zero-order valence-electron chi connectivity index (χ0n) is 12.6. The first kappa shape index (κ1) is 14.6. The Morgan fingerprint density at radius 1 is 0.955 bits per heavy atom. The van der Waals surface area contributed by atoms with Gasteiger partial charge in [0.2, 0.25) is 0 Å². The second kappa shape index (κ2) is 5.82. The largest absolute Gasteiger partial charge is 0.508 e. The smallest absolute Gasteiger partial charge is 0.115 e. The lowest BCUT2D eigenvalue weighted by Gasteiger charge is -2.34. The van der Waals surface area contributed by atoms with Crippen molar-refractivity contribution in [2.24, 2.45) is 0 Å². The van der Waals surface area contributed by atoms with E-state index in [9.17, 15) is 10.2 Å². The monoisotopic (exact) mass is 292 g/mol. The molecular weight excluding hydrogens is 272 g/mol. The van der Waals surface area contributed by atoms with Crippen LogP contribution in [0.25, 0.3) is 0 Å². The van der Waals surface area contributed by atoms with E-state index in [1.54, 1.807) is 12.1 Å². The van der Waals surface area contributed by atoms with E-state index in [0.29, 0.717) is 6.42 Å². The van der Waals surface area contributed by atoms with E-state index >= 15 is 0 Å². The summed E-state index contributed by atoms with van der Waals surface area (Å²) in [7, 11) is 0. The van der Waals surface area contributed by atoms with E-state index in [1.807, 2.05) is 42.5 Å². The van der Waals surface area contributed by atoms with Crippen molar-refractivity contribution in [1.82, 2.24) is 0 Å². The van der Waals surface area contributed by atoms with Crippen molar-refractivity contribution in [3.05, 3.63) is 89.5 Å². The Hall–Kier alpha value is -2.32. The Labute approximate surface area is 131 Å². The van der Waals surface area contributed by atoms with E-state index in [1.165, 1.54) is 5.56 Å². The fraction of sp³-hybridized carbons (Fsp3) is 0.200. The molecule has 1 aliphatic carbocycles. The molecule has 0 aliphatic heterocycles. The van der Waals surface area contributed by atoms with Crippen molar-refractivity contribution in [3.8, 4) is 5.75 Å². The molecule has 2 aromatic carbocycles. The van der Waals surface area contributed by atoms with Crippen LogP contribution >= 0.6 is 0 Å². The fourth-order valence-electron chi connectivity index (χ4n) is 3.05. The number of phenolic OH excluding ortho intramolecular Hbond substituents is 1. The van der Waals surface area contributed by atoms with Crippen LogP contribution in [0.2, 0.25) is 0 Å². The Balaban J connectivity index is 2.14. The van der Waals surface area contributed by atoms with Crippen LogP contribution in [-0.2, 0) is 5.41 Å². The van der Waals surface area contributed by atoms with Crippen LogP contribution in [0.3, 0.4) is 0 Å². The summed E-state index contributed by atoms with van der Waals surface area (Å²) in [5.41, 5.74) is 3.15. The predicted octanol–water partition coefficient (Wildman–Crippen LogP) is 3.95. The lowest BCUT2D eigenvalue weighted by molar-refractivity contribution is 0.224. The second-order valence-corrected chi connectivity index (χ2v) is 5.86. The minimum absolute atomic E-state index is 0.266. The summed E-state index contributed by atoms with van der Waals surface area (Å²) in [6.45, 7) is 2.18. The summed E-state index contributed by atoms with van der Waals surface area (Å²) < 4.78 is 0. The molecule has 2 nitrogen and oxygen atoms in total. The van der Waals surface area contributed by atoms with E-state index < -0.39 is 6.10 Å². The minimum atomic E-state index is -0.399. The number of aliphatic hydroxyl groups is 1. The van der Waals surface area contributed by atoms with Gasteiger partial charge in [-0.1, -0.05) is 60.7 Å². The van der Waals surface area contributed by atoms with Crippen LogP contribution in [-0.4, -0.2) is 16.3 Å². The van der Waals surface area contributed by atoms with E-state index in [2.05, 4.69) is 25.1 Å². The molecule has 0 amide bonds. The highest BCUT2D eigenvalue weighted by Gasteiger charge is 2.32. The molecule has 2 heteroatoms. The number of aromatic hydroxyl groups is 1. The van der Waals surface area contributed by atoms with Gasteiger partial charge in [-0.3, -0.25) is 0 Å². The zero-order chi connectivity index (χ0) is 15.6. The molecule has 22 heavy (non-hydrogen) atoms. The maximum absolute atomic E-state index is 9.71. The summed E-state index contributed by atoms with van der Waals surface area (Å²) in [6, 6.07) is 17.7. The van der Waals surface area contributed by atoms with Crippen molar-refractivity contribution in [3.63, 3.8) is 0 Å². The lowest BCUT2D eigenvalue weighted by Crippen LogP contribution is -2.27.